The number of rotatable bonds is 3. The molecule has 0 bridgehead atoms. The third-order valence-electron chi connectivity index (χ3n) is 4.18. The topological polar surface area (TPSA) is 20.3 Å². The lowest BCUT2D eigenvalue weighted by Gasteiger charge is -2.35. The molecule has 0 N–H and O–H groups in total. The number of nitrogens with zero attached hydrogens (tertiary/aromatic N) is 1. The molecule has 2 nitrogen and oxygen atoms in total. The molecule has 0 spiro atoms. The van der Waals surface area contributed by atoms with E-state index in [-0.39, 0.29) is 5.78 Å². The molecule has 0 unspecified atom stereocenters. The van der Waals surface area contributed by atoms with Crippen LogP contribution in [0, 0.1) is 11.8 Å². The van der Waals surface area contributed by atoms with Crippen molar-refractivity contribution >= 4 is 23.1 Å². The van der Waals surface area contributed by atoms with E-state index >= 15 is 0 Å². The Balaban J connectivity index is 2.08. The van der Waals surface area contributed by atoms with Gasteiger partial charge in [0, 0.05) is 24.3 Å². The minimum absolute atomic E-state index is 0.0232. The summed E-state index contributed by atoms with van der Waals surface area (Å²) in [5.74, 6) is 1.63. The molecule has 1 heterocycles. The van der Waals surface area contributed by atoms with Gasteiger partial charge in [0.2, 0.25) is 0 Å². The molecule has 0 aromatic heterocycles. The van der Waals surface area contributed by atoms with Crippen molar-refractivity contribution in [2.45, 2.75) is 33.6 Å². The van der Waals surface area contributed by atoms with Crippen molar-refractivity contribution < 1.29 is 4.79 Å². The SMILES string of the molecule is CC(=O)c1ccc(N2CCC(C(C)C)CC2)cc1Cl. The molecule has 0 amide bonds. The molecule has 0 aliphatic carbocycles. The first-order chi connectivity index (χ1) is 8.99. The van der Waals surface area contributed by atoms with E-state index in [2.05, 4.69) is 18.7 Å². The Morgan fingerprint density at radius 2 is 1.95 bits per heavy atom. The highest BCUT2D eigenvalue weighted by molar-refractivity contribution is 6.34. The van der Waals surface area contributed by atoms with Crippen LogP contribution in [0.2, 0.25) is 5.02 Å². The zero-order chi connectivity index (χ0) is 14.0. The average molecular weight is 280 g/mol. The first-order valence-electron chi connectivity index (χ1n) is 7.04. The normalized spacial score (nSPS) is 17.0. The molecular weight excluding hydrogens is 258 g/mol. The number of piperidine rings is 1. The van der Waals surface area contributed by atoms with Crippen molar-refractivity contribution in [2.75, 3.05) is 18.0 Å². The van der Waals surface area contributed by atoms with Gasteiger partial charge in [-0.15, -0.1) is 0 Å². The second kappa shape index (κ2) is 5.96. The number of benzene rings is 1. The van der Waals surface area contributed by atoms with Gasteiger partial charge in [-0.05, 0) is 49.8 Å². The molecule has 1 aliphatic heterocycles. The summed E-state index contributed by atoms with van der Waals surface area (Å²) < 4.78 is 0. The lowest BCUT2D eigenvalue weighted by molar-refractivity contribution is 0.101. The predicted molar refractivity (Wildman–Crippen MR) is 81.2 cm³/mol. The highest BCUT2D eigenvalue weighted by Gasteiger charge is 2.22. The van der Waals surface area contributed by atoms with E-state index in [1.165, 1.54) is 12.8 Å². The zero-order valence-corrected chi connectivity index (χ0v) is 12.7. The smallest absolute Gasteiger partial charge is 0.161 e. The minimum Gasteiger partial charge on any atom is -0.371 e. The van der Waals surface area contributed by atoms with E-state index in [4.69, 9.17) is 11.6 Å². The van der Waals surface area contributed by atoms with Gasteiger partial charge < -0.3 is 4.90 Å². The molecular formula is C16H22ClNO. The lowest BCUT2D eigenvalue weighted by atomic mass is 9.86. The van der Waals surface area contributed by atoms with Crippen LogP contribution in [0.4, 0.5) is 5.69 Å². The second-order valence-electron chi connectivity index (χ2n) is 5.79. The van der Waals surface area contributed by atoms with Crippen LogP contribution < -0.4 is 4.90 Å². The Morgan fingerprint density at radius 3 is 2.42 bits per heavy atom. The minimum atomic E-state index is 0.0232. The second-order valence-corrected chi connectivity index (χ2v) is 6.20. The highest BCUT2D eigenvalue weighted by atomic mass is 35.5. The van der Waals surface area contributed by atoms with E-state index < -0.39 is 0 Å². The predicted octanol–water partition coefficient (Wildman–Crippen LogP) is 4.42. The molecule has 1 aromatic rings. The summed E-state index contributed by atoms with van der Waals surface area (Å²) in [6, 6.07) is 5.78. The molecule has 1 aliphatic rings. The monoisotopic (exact) mass is 279 g/mol. The van der Waals surface area contributed by atoms with E-state index in [0.717, 1.165) is 30.6 Å². The Bertz CT molecular complexity index is 462. The van der Waals surface area contributed by atoms with Gasteiger partial charge in [-0.3, -0.25) is 4.79 Å². The van der Waals surface area contributed by atoms with Crippen molar-refractivity contribution in [1.29, 1.82) is 0 Å². The number of carbonyl (C=O) groups excluding carboxylic acids is 1. The number of ketones is 1. The summed E-state index contributed by atoms with van der Waals surface area (Å²) in [5.41, 5.74) is 1.75. The van der Waals surface area contributed by atoms with Crippen molar-refractivity contribution in [1.82, 2.24) is 0 Å². The summed E-state index contributed by atoms with van der Waals surface area (Å²) in [5, 5.41) is 0.566. The highest BCUT2D eigenvalue weighted by Crippen LogP contribution is 2.30. The number of carbonyl (C=O) groups is 1. The Hall–Kier alpha value is -1.02. The van der Waals surface area contributed by atoms with Gasteiger partial charge in [-0.2, -0.15) is 0 Å². The first-order valence-corrected chi connectivity index (χ1v) is 7.42. The molecule has 104 valence electrons. The maximum absolute atomic E-state index is 11.4. The van der Waals surface area contributed by atoms with Crippen LogP contribution in [0.15, 0.2) is 18.2 Å². The third-order valence-corrected chi connectivity index (χ3v) is 4.49. The Labute approximate surface area is 120 Å². The summed E-state index contributed by atoms with van der Waals surface area (Å²) in [6.45, 7) is 8.32. The standard InChI is InChI=1S/C16H22ClNO/c1-11(2)13-6-8-18(9-7-13)14-4-5-15(12(3)19)16(17)10-14/h4-5,10-11,13H,6-9H2,1-3H3. The maximum atomic E-state index is 11.4. The van der Waals surface area contributed by atoms with Crippen LogP contribution in [0.1, 0.15) is 44.0 Å². The largest absolute Gasteiger partial charge is 0.371 e. The Kier molecular flexibility index (Phi) is 4.51. The number of hydrogen-bond acceptors (Lipinski definition) is 2. The number of halogens is 1. The fourth-order valence-corrected chi connectivity index (χ4v) is 3.12. The van der Waals surface area contributed by atoms with E-state index in [1.54, 1.807) is 6.92 Å². The lowest BCUT2D eigenvalue weighted by Crippen LogP contribution is -2.35. The van der Waals surface area contributed by atoms with Crippen LogP contribution in [0.25, 0.3) is 0 Å². The van der Waals surface area contributed by atoms with Crippen LogP contribution in [0.3, 0.4) is 0 Å². The molecule has 3 heteroatoms. The quantitative estimate of drug-likeness (QED) is 0.764. The Morgan fingerprint density at radius 1 is 1.32 bits per heavy atom. The molecule has 2 rings (SSSR count). The third kappa shape index (κ3) is 3.30. The van der Waals surface area contributed by atoms with Crippen molar-refractivity contribution in [3.63, 3.8) is 0 Å². The summed E-state index contributed by atoms with van der Waals surface area (Å²) in [4.78, 5) is 13.7. The summed E-state index contributed by atoms with van der Waals surface area (Å²) in [6.07, 6.45) is 2.48. The summed E-state index contributed by atoms with van der Waals surface area (Å²) >= 11 is 6.18. The van der Waals surface area contributed by atoms with Gasteiger partial charge in [-0.1, -0.05) is 25.4 Å². The molecule has 1 fully saturated rings. The van der Waals surface area contributed by atoms with Gasteiger partial charge in [0.15, 0.2) is 5.78 Å². The van der Waals surface area contributed by atoms with E-state index in [1.807, 2.05) is 18.2 Å². The molecule has 1 saturated heterocycles. The van der Waals surface area contributed by atoms with Crippen molar-refractivity contribution in [3.05, 3.63) is 28.8 Å². The van der Waals surface area contributed by atoms with Crippen LogP contribution >= 0.6 is 11.6 Å². The van der Waals surface area contributed by atoms with Gasteiger partial charge in [-0.25, -0.2) is 0 Å². The van der Waals surface area contributed by atoms with Gasteiger partial charge in [0.25, 0.3) is 0 Å². The number of Topliss-reactive ketones (excluding diaryl/α,β-unsaturated/α-hetero) is 1. The van der Waals surface area contributed by atoms with Crippen LogP contribution in [-0.2, 0) is 0 Å². The maximum Gasteiger partial charge on any atom is 0.161 e. The van der Waals surface area contributed by atoms with Crippen molar-refractivity contribution in [2.24, 2.45) is 11.8 Å². The fraction of sp³-hybridized carbons (Fsp3) is 0.562. The molecule has 19 heavy (non-hydrogen) atoms. The number of hydrogen-bond donors (Lipinski definition) is 0. The average Bonchev–Trinajstić information content (AvgIpc) is 2.38. The van der Waals surface area contributed by atoms with Crippen LogP contribution in [-0.4, -0.2) is 18.9 Å². The molecule has 0 saturated carbocycles. The first kappa shape index (κ1) is 14.4. The fourth-order valence-electron chi connectivity index (χ4n) is 2.81. The van der Waals surface area contributed by atoms with Gasteiger partial charge in [0.1, 0.15) is 0 Å². The molecule has 0 radical (unpaired) electrons. The number of anilines is 1. The van der Waals surface area contributed by atoms with E-state index in [0.29, 0.717) is 10.6 Å². The van der Waals surface area contributed by atoms with E-state index in [9.17, 15) is 4.79 Å². The van der Waals surface area contributed by atoms with Crippen LogP contribution in [0.5, 0.6) is 0 Å². The molecule has 1 aromatic carbocycles. The summed E-state index contributed by atoms with van der Waals surface area (Å²) in [7, 11) is 0. The zero-order valence-electron chi connectivity index (χ0n) is 11.9. The molecule has 0 atom stereocenters. The van der Waals surface area contributed by atoms with Crippen molar-refractivity contribution in [3.8, 4) is 0 Å². The van der Waals surface area contributed by atoms with Gasteiger partial charge in [0.05, 0.1) is 5.02 Å². The van der Waals surface area contributed by atoms with Gasteiger partial charge >= 0.3 is 0 Å².